The van der Waals surface area contributed by atoms with Gasteiger partial charge in [-0.25, -0.2) is 0 Å². The van der Waals surface area contributed by atoms with Gasteiger partial charge in [0.05, 0.1) is 13.7 Å². The molecule has 0 saturated heterocycles. The minimum Gasteiger partial charge on any atom is -0.493 e. The van der Waals surface area contributed by atoms with Crippen LogP contribution >= 0.6 is 11.6 Å². The van der Waals surface area contributed by atoms with E-state index in [4.69, 9.17) is 21.1 Å². The highest BCUT2D eigenvalue weighted by atomic mass is 35.5. The Morgan fingerprint density at radius 1 is 1.09 bits per heavy atom. The fourth-order valence-electron chi connectivity index (χ4n) is 4.55. The lowest BCUT2D eigenvalue weighted by Crippen LogP contribution is -2.48. The lowest BCUT2D eigenvalue weighted by molar-refractivity contribution is -0.139. The van der Waals surface area contributed by atoms with Gasteiger partial charge in [0, 0.05) is 12.6 Å². The first kappa shape index (κ1) is 26.9. The molecular weight excluding hydrogens is 464 g/mol. The van der Waals surface area contributed by atoms with Crippen molar-refractivity contribution in [2.75, 3.05) is 26.1 Å². The summed E-state index contributed by atoms with van der Waals surface area (Å²) in [6.45, 7) is 2.97. The average molecular weight is 501 g/mol. The summed E-state index contributed by atoms with van der Waals surface area (Å²) >= 11 is 6.03. The third-order valence-electron chi connectivity index (χ3n) is 6.40. The first-order valence-electron chi connectivity index (χ1n) is 12.6. The van der Waals surface area contributed by atoms with Crippen molar-refractivity contribution >= 4 is 23.4 Å². The molecule has 35 heavy (non-hydrogen) atoms. The predicted molar refractivity (Wildman–Crippen MR) is 139 cm³/mol. The number of nitrogens with zero attached hydrogens (tertiary/aromatic N) is 1. The maximum Gasteiger partial charge on any atom is 0.247 e. The number of amides is 2. The van der Waals surface area contributed by atoms with Gasteiger partial charge in [0.15, 0.2) is 11.5 Å². The first-order valence-corrected chi connectivity index (χ1v) is 13.1. The third kappa shape index (κ3) is 7.63. The van der Waals surface area contributed by atoms with Gasteiger partial charge in [-0.3, -0.25) is 9.59 Å². The zero-order valence-corrected chi connectivity index (χ0v) is 21.6. The third-order valence-corrected chi connectivity index (χ3v) is 6.62. The molecule has 1 fully saturated rings. The van der Waals surface area contributed by atoms with Gasteiger partial charge in [-0.05, 0) is 48.9 Å². The molecule has 0 spiro atoms. The Kier molecular flexibility index (Phi) is 10.7. The Morgan fingerprint density at radius 2 is 1.83 bits per heavy atom. The molecule has 0 radical (unpaired) electrons. The molecule has 2 amide bonds. The Labute approximate surface area is 213 Å². The van der Waals surface area contributed by atoms with Crippen molar-refractivity contribution < 1.29 is 19.1 Å². The maximum atomic E-state index is 13.7. The second-order valence-corrected chi connectivity index (χ2v) is 9.23. The molecular formula is C28H37ClN2O4. The Hall–Kier alpha value is -2.73. The van der Waals surface area contributed by atoms with Crippen LogP contribution in [0.2, 0.25) is 0 Å². The number of alkyl halides is 1. The van der Waals surface area contributed by atoms with Crippen molar-refractivity contribution in [3.8, 4) is 11.5 Å². The Bertz CT molecular complexity index is 947. The molecule has 3 rings (SSSR count). The van der Waals surface area contributed by atoms with Crippen molar-refractivity contribution in [3.63, 3.8) is 0 Å². The summed E-state index contributed by atoms with van der Waals surface area (Å²) in [4.78, 5) is 28.4. The van der Waals surface area contributed by atoms with Gasteiger partial charge in [0.1, 0.15) is 11.9 Å². The van der Waals surface area contributed by atoms with Crippen molar-refractivity contribution in [1.29, 1.82) is 0 Å². The van der Waals surface area contributed by atoms with E-state index in [2.05, 4.69) is 5.32 Å². The van der Waals surface area contributed by atoms with Crippen LogP contribution in [-0.2, 0) is 16.0 Å². The molecule has 190 valence electrons. The number of rotatable bonds is 12. The topological polar surface area (TPSA) is 67.9 Å². The number of methoxy groups -OCH3 is 1. The van der Waals surface area contributed by atoms with E-state index in [1.165, 1.54) is 6.42 Å². The quantitative estimate of drug-likeness (QED) is 0.402. The highest BCUT2D eigenvalue weighted by molar-refractivity contribution is 6.27. The Morgan fingerprint density at radius 3 is 2.49 bits per heavy atom. The number of nitrogens with one attached hydrogen (secondary N) is 1. The zero-order chi connectivity index (χ0) is 25.0. The van der Waals surface area contributed by atoms with E-state index >= 15 is 0 Å². The van der Waals surface area contributed by atoms with Crippen LogP contribution in [0.1, 0.15) is 62.6 Å². The largest absolute Gasteiger partial charge is 0.493 e. The highest BCUT2D eigenvalue weighted by Crippen LogP contribution is 2.33. The summed E-state index contributed by atoms with van der Waals surface area (Å²) in [6, 6.07) is 14.7. The van der Waals surface area contributed by atoms with Gasteiger partial charge in [-0.15, -0.1) is 11.6 Å². The molecule has 2 aromatic carbocycles. The molecule has 1 saturated carbocycles. The predicted octanol–water partition coefficient (Wildman–Crippen LogP) is 5.28. The van der Waals surface area contributed by atoms with E-state index in [1.807, 2.05) is 49.4 Å². The number of carbonyl (C=O) groups excluding carboxylic acids is 2. The van der Waals surface area contributed by atoms with Gasteiger partial charge in [-0.1, -0.05) is 62.6 Å². The first-order chi connectivity index (χ1) is 17.1. The van der Waals surface area contributed by atoms with E-state index in [1.54, 1.807) is 18.1 Å². The number of carbonyl (C=O) groups is 2. The van der Waals surface area contributed by atoms with Crippen molar-refractivity contribution in [3.05, 3.63) is 59.7 Å². The summed E-state index contributed by atoms with van der Waals surface area (Å²) in [7, 11) is 1.58. The summed E-state index contributed by atoms with van der Waals surface area (Å²) < 4.78 is 11.4. The molecule has 1 aliphatic carbocycles. The second kappa shape index (κ2) is 14.0. The smallest absolute Gasteiger partial charge is 0.247 e. The molecule has 1 unspecified atom stereocenters. The fourth-order valence-corrected chi connectivity index (χ4v) is 4.71. The van der Waals surface area contributed by atoms with E-state index in [-0.39, 0.29) is 23.7 Å². The van der Waals surface area contributed by atoms with E-state index in [0.29, 0.717) is 36.6 Å². The fraction of sp³-hybridized carbons (Fsp3) is 0.500. The summed E-state index contributed by atoms with van der Waals surface area (Å²) in [5.41, 5.74) is 1.76. The van der Waals surface area contributed by atoms with Gasteiger partial charge in [0.25, 0.3) is 0 Å². The zero-order valence-electron chi connectivity index (χ0n) is 20.8. The van der Waals surface area contributed by atoms with Crippen LogP contribution in [0.5, 0.6) is 11.5 Å². The van der Waals surface area contributed by atoms with Crippen LogP contribution in [0.15, 0.2) is 48.5 Å². The van der Waals surface area contributed by atoms with Crippen LogP contribution in [0, 0.1) is 0 Å². The minimum absolute atomic E-state index is 0.120. The van der Waals surface area contributed by atoms with Crippen molar-refractivity contribution in [1.82, 2.24) is 10.2 Å². The monoisotopic (exact) mass is 500 g/mol. The lowest BCUT2D eigenvalue weighted by atomic mass is 9.94. The van der Waals surface area contributed by atoms with E-state index in [9.17, 15) is 9.59 Å². The highest BCUT2D eigenvalue weighted by Gasteiger charge is 2.33. The number of hydrogen-bond donors (Lipinski definition) is 1. The molecule has 1 atom stereocenters. The normalized spacial score (nSPS) is 14.7. The molecule has 7 heteroatoms. The van der Waals surface area contributed by atoms with E-state index < -0.39 is 6.04 Å². The van der Waals surface area contributed by atoms with Crippen LogP contribution < -0.4 is 14.8 Å². The number of hydrogen-bond acceptors (Lipinski definition) is 4. The van der Waals surface area contributed by atoms with Crippen LogP contribution in [0.3, 0.4) is 0 Å². The SMILES string of the molecule is CCCOc1ccc(C(C(=O)NC2CCCCC2)N(CCc2ccccc2)C(=O)CCl)cc1OC. The van der Waals surface area contributed by atoms with Gasteiger partial charge >= 0.3 is 0 Å². The van der Waals surface area contributed by atoms with Gasteiger partial charge < -0.3 is 19.7 Å². The van der Waals surface area contributed by atoms with Gasteiger partial charge in [0.2, 0.25) is 11.8 Å². The van der Waals surface area contributed by atoms with Crippen LogP contribution in [0.4, 0.5) is 0 Å². The molecule has 0 aliphatic heterocycles. The summed E-state index contributed by atoms with van der Waals surface area (Å²) in [5, 5.41) is 3.21. The van der Waals surface area contributed by atoms with Gasteiger partial charge in [-0.2, -0.15) is 0 Å². The average Bonchev–Trinajstić information content (AvgIpc) is 2.90. The standard InChI is InChI=1S/C28H37ClN2O4/c1-3-18-35-24-15-14-22(19-25(24)34-2)27(28(33)30-23-12-8-5-9-13-23)31(26(32)20-29)17-16-21-10-6-4-7-11-21/h4,6-7,10-11,14-15,19,23,27H,3,5,8-9,12-13,16-18,20H2,1-2H3,(H,30,33). The van der Waals surface area contributed by atoms with Crippen LogP contribution in [0.25, 0.3) is 0 Å². The van der Waals surface area contributed by atoms with Crippen LogP contribution in [-0.4, -0.2) is 48.9 Å². The molecule has 0 aromatic heterocycles. The molecule has 0 heterocycles. The minimum atomic E-state index is -0.819. The molecule has 1 aliphatic rings. The maximum absolute atomic E-state index is 13.7. The van der Waals surface area contributed by atoms with Crippen molar-refractivity contribution in [2.45, 2.75) is 64.0 Å². The van der Waals surface area contributed by atoms with Crippen molar-refractivity contribution in [2.24, 2.45) is 0 Å². The van der Waals surface area contributed by atoms with E-state index in [0.717, 1.165) is 37.7 Å². The molecule has 2 aromatic rings. The summed E-state index contributed by atoms with van der Waals surface area (Å²) in [6.07, 6.45) is 6.80. The molecule has 0 bridgehead atoms. The molecule has 1 N–H and O–H groups in total. The Balaban J connectivity index is 1.94. The molecule has 6 nitrogen and oxygen atoms in total. The number of halogens is 1. The summed E-state index contributed by atoms with van der Waals surface area (Å²) in [5.74, 6) is 0.484. The number of benzene rings is 2. The lowest BCUT2D eigenvalue weighted by Gasteiger charge is -2.33. The number of ether oxygens (including phenoxy) is 2. The second-order valence-electron chi connectivity index (χ2n) is 8.96.